The van der Waals surface area contributed by atoms with Gasteiger partial charge in [0.15, 0.2) is 0 Å². The number of carbonyl (C=O) groups is 1. The van der Waals surface area contributed by atoms with Gasteiger partial charge in [0.1, 0.15) is 6.04 Å². The Balaban J connectivity index is 2.02. The van der Waals surface area contributed by atoms with Gasteiger partial charge in [-0.1, -0.05) is 6.92 Å². The molecular formula is C17H20N4O2. The van der Waals surface area contributed by atoms with Crippen molar-refractivity contribution >= 4 is 22.6 Å². The molecule has 2 heterocycles. The molecule has 1 aromatic carbocycles. The summed E-state index contributed by atoms with van der Waals surface area (Å²) >= 11 is 0. The Labute approximate surface area is 133 Å². The molecule has 120 valence electrons. The number of hydrogen-bond donors (Lipinski definition) is 3. The molecule has 3 rings (SSSR count). The average molecular weight is 312 g/mol. The molecule has 0 aliphatic heterocycles. The minimum Gasteiger partial charge on any atom is -0.342 e. The molecule has 3 N–H and O–H groups in total. The van der Waals surface area contributed by atoms with E-state index in [-0.39, 0.29) is 17.6 Å². The van der Waals surface area contributed by atoms with Crippen molar-refractivity contribution in [2.75, 3.05) is 5.32 Å². The molecule has 6 heteroatoms. The first-order chi connectivity index (χ1) is 11.0. The summed E-state index contributed by atoms with van der Waals surface area (Å²) in [6.45, 7) is 5.87. The molecule has 1 atom stereocenters. The van der Waals surface area contributed by atoms with E-state index >= 15 is 0 Å². The molecule has 23 heavy (non-hydrogen) atoms. The van der Waals surface area contributed by atoms with Gasteiger partial charge in [-0.15, -0.1) is 0 Å². The molecule has 0 aliphatic carbocycles. The number of amides is 1. The van der Waals surface area contributed by atoms with E-state index in [9.17, 15) is 9.59 Å². The van der Waals surface area contributed by atoms with Crippen molar-refractivity contribution in [3.63, 3.8) is 0 Å². The Morgan fingerprint density at radius 3 is 2.61 bits per heavy atom. The maximum absolute atomic E-state index is 12.7. The van der Waals surface area contributed by atoms with Crippen LogP contribution in [0.25, 0.3) is 11.0 Å². The van der Waals surface area contributed by atoms with E-state index in [4.69, 9.17) is 0 Å². The summed E-state index contributed by atoms with van der Waals surface area (Å²) < 4.78 is 1.89. The zero-order chi connectivity index (χ0) is 16.6. The lowest BCUT2D eigenvalue weighted by molar-refractivity contribution is -0.119. The van der Waals surface area contributed by atoms with E-state index in [0.717, 1.165) is 11.1 Å². The monoisotopic (exact) mass is 312 g/mol. The van der Waals surface area contributed by atoms with Crippen molar-refractivity contribution < 1.29 is 4.79 Å². The van der Waals surface area contributed by atoms with Crippen LogP contribution in [0.15, 0.2) is 35.4 Å². The van der Waals surface area contributed by atoms with Crippen LogP contribution in [0.2, 0.25) is 0 Å². The van der Waals surface area contributed by atoms with Crippen LogP contribution in [0, 0.1) is 13.8 Å². The largest absolute Gasteiger partial charge is 0.342 e. The number of nitrogens with zero attached hydrogens (tertiary/aromatic N) is 1. The van der Waals surface area contributed by atoms with Crippen LogP contribution >= 0.6 is 0 Å². The quantitative estimate of drug-likeness (QED) is 0.692. The molecule has 2 aromatic heterocycles. The summed E-state index contributed by atoms with van der Waals surface area (Å²) in [7, 11) is 0. The molecular weight excluding hydrogens is 292 g/mol. The van der Waals surface area contributed by atoms with Crippen molar-refractivity contribution in [1.82, 2.24) is 14.5 Å². The molecule has 1 unspecified atom stereocenters. The number of anilines is 1. The molecule has 0 fully saturated rings. The number of aromatic amines is 2. The third kappa shape index (κ3) is 2.67. The van der Waals surface area contributed by atoms with Crippen LogP contribution < -0.4 is 11.0 Å². The number of nitrogens with one attached hydrogen (secondary N) is 3. The molecule has 3 aromatic rings. The number of aryl methyl sites for hydroxylation is 1. The predicted molar refractivity (Wildman–Crippen MR) is 90.8 cm³/mol. The number of rotatable bonds is 4. The van der Waals surface area contributed by atoms with Crippen LogP contribution in [0.5, 0.6) is 0 Å². The normalized spacial score (nSPS) is 12.5. The Kier molecular flexibility index (Phi) is 3.82. The third-order valence-corrected chi connectivity index (χ3v) is 4.26. The highest BCUT2D eigenvalue weighted by molar-refractivity contribution is 6.02. The molecule has 1 amide bonds. The Hall–Kier alpha value is -2.76. The molecule has 0 radical (unpaired) electrons. The van der Waals surface area contributed by atoms with E-state index in [0.29, 0.717) is 23.1 Å². The smallest absolute Gasteiger partial charge is 0.323 e. The second kappa shape index (κ2) is 5.79. The Morgan fingerprint density at radius 2 is 1.96 bits per heavy atom. The summed E-state index contributed by atoms with van der Waals surface area (Å²) in [5.41, 5.74) is 3.67. The van der Waals surface area contributed by atoms with Gasteiger partial charge >= 0.3 is 5.69 Å². The molecule has 0 spiro atoms. The standard InChI is InChI=1S/C17H20N4O2/c1-4-13(21-7-5-6-8-21)16(22)19-14-11(3)10(2)9-12-15(14)20-17(23)18-12/h5-9,13H,4H2,1-3H3,(H,19,22)(H2,18,20,23). The highest BCUT2D eigenvalue weighted by Gasteiger charge is 2.20. The topological polar surface area (TPSA) is 82.7 Å². The first-order valence-corrected chi connectivity index (χ1v) is 7.66. The summed E-state index contributed by atoms with van der Waals surface area (Å²) in [4.78, 5) is 29.8. The van der Waals surface area contributed by atoms with Gasteiger partial charge in [-0.05, 0) is 49.6 Å². The van der Waals surface area contributed by atoms with Gasteiger partial charge in [0.05, 0.1) is 16.7 Å². The number of imidazole rings is 1. The number of carbonyl (C=O) groups excluding carboxylic acids is 1. The van der Waals surface area contributed by atoms with Gasteiger partial charge in [-0.2, -0.15) is 0 Å². The minimum atomic E-state index is -0.286. The van der Waals surface area contributed by atoms with Gasteiger partial charge < -0.3 is 19.9 Å². The predicted octanol–water partition coefficient (Wildman–Crippen LogP) is 2.86. The second-order valence-corrected chi connectivity index (χ2v) is 5.74. The fraction of sp³-hybridized carbons (Fsp3) is 0.294. The lowest BCUT2D eigenvalue weighted by Crippen LogP contribution is -2.25. The van der Waals surface area contributed by atoms with Gasteiger partial charge in [0.2, 0.25) is 5.91 Å². The summed E-state index contributed by atoms with van der Waals surface area (Å²) in [6, 6.07) is 5.41. The Bertz CT molecular complexity index is 903. The molecule has 0 saturated heterocycles. The minimum absolute atomic E-state index is 0.0965. The number of benzene rings is 1. The summed E-state index contributed by atoms with van der Waals surface area (Å²) in [6.07, 6.45) is 4.44. The fourth-order valence-electron chi connectivity index (χ4n) is 2.86. The zero-order valence-corrected chi connectivity index (χ0v) is 13.4. The molecule has 0 aliphatic rings. The van der Waals surface area contributed by atoms with Crippen LogP contribution in [0.4, 0.5) is 5.69 Å². The number of hydrogen-bond acceptors (Lipinski definition) is 2. The molecule has 0 bridgehead atoms. The van der Waals surface area contributed by atoms with E-state index < -0.39 is 0 Å². The van der Waals surface area contributed by atoms with Crippen LogP contribution in [-0.4, -0.2) is 20.4 Å². The number of H-pyrrole nitrogens is 2. The van der Waals surface area contributed by atoms with Gasteiger partial charge in [-0.25, -0.2) is 4.79 Å². The fourth-order valence-corrected chi connectivity index (χ4v) is 2.86. The van der Waals surface area contributed by atoms with Crippen molar-refractivity contribution in [1.29, 1.82) is 0 Å². The molecule has 0 saturated carbocycles. The van der Waals surface area contributed by atoms with Crippen LogP contribution in [-0.2, 0) is 4.79 Å². The SMILES string of the molecule is CCC(C(=O)Nc1c(C)c(C)cc2[nH]c(=O)[nH]c12)n1cccc1. The van der Waals surface area contributed by atoms with E-state index in [1.54, 1.807) is 0 Å². The number of aromatic nitrogens is 3. The maximum Gasteiger partial charge on any atom is 0.323 e. The van der Waals surface area contributed by atoms with Crippen LogP contribution in [0.3, 0.4) is 0 Å². The lowest BCUT2D eigenvalue weighted by Gasteiger charge is -2.19. The van der Waals surface area contributed by atoms with Crippen molar-refractivity contribution in [3.05, 3.63) is 52.2 Å². The first-order valence-electron chi connectivity index (χ1n) is 7.66. The summed E-state index contributed by atoms with van der Waals surface area (Å²) in [5.74, 6) is -0.0965. The van der Waals surface area contributed by atoms with Crippen molar-refractivity contribution in [3.8, 4) is 0 Å². The zero-order valence-electron chi connectivity index (χ0n) is 13.4. The van der Waals surface area contributed by atoms with Gasteiger partial charge in [0.25, 0.3) is 0 Å². The van der Waals surface area contributed by atoms with E-state index in [2.05, 4.69) is 15.3 Å². The van der Waals surface area contributed by atoms with Crippen molar-refractivity contribution in [2.24, 2.45) is 0 Å². The van der Waals surface area contributed by atoms with E-state index in [1.165, 1.54) is 0 Å². The van der Waals surface area contributed by atoms with Crippen LogP contribution in [0.1, 0.15) is 30.5 Å². The maximum atomic E-state index is 12.7. The van der Waals surface area contributed by atoms with Gasteiger partial charge in [0, 0.05) is 12.4 Å². The highest BCUT2D eigenvalue weighted by atomic mass is 16.2. The lowest BCUT2D eigenvalue weighted by atomic mass is 10.1. The summed E-state index contributed by atoms with van der Waals surface area (Å²) in [5, 5.41) is 3.00. The highest BCUT2D eigenvalue weighted by Crippen LogP contribution is 2.28. The van der Waals surface area contributed by atoms with E-state index in [1.807, 2.05) is 55.9 Å². The molecule has 6 nitrogen and oxygen atoms in total. The second-order valence-electron chi connectivity index (χ2n) is 5.74. The van der Waals surface area contributed by atoms with Crippen molar-refractivity contribution in [2.45, 2.75) is 33.2 Å². The number of fused-ring (bicyclic) bond motifs is 1. The van der Waals surface area contributed by atoms with Gasteiger partial charge in [-0.3, -0.25) is 4.79 Å². The average Bonchev–Trinajstić information content (AvgIpc) is 3.14. The first kappa shape index (κ1) is 15.1. The Morgan fingerprint density at radius 1 is 1.26 bits per heavy atom. The third-order valence-electron chi connectivity index (χ3n) is 4.26.